The normalized spacial score (nSPS) is 22.7. The van der Waals surface area contributed by atoms with Crippen LogP contribution in [-0.4, -0.2) is 6.04 Å². The number of hydrogen-bond donors (Lipinski definition) is 1. The van der Waals surface area contributed by atoms with E-state index < -0.39 is 0 Å². The van der Waals surface area contributed by atoms with Crippen molar-refractivity contribution in [2.24, 2.45) is 5.73 Å². The molecule has 1 aliphatic rings. The van der Waals surface area contributed by atoms with Gasteiger partial charge in [-0.1, -0.05) is 36.4 Å². The highest BCUT2D eigenvalue weighted by molar-refractivity contribution is 5.35. The maximum absolute atomic E-state index is 5.74. The third-order valence-electron chi connectivity index (χ3n) is 3.06. The second-order valence-electron chi connectivity index (χ2n) is 4.44. The van der Waals surface area contributed by atoms with Crippen LogP contribution in [0.1, 0.15) is 36.8 Å². The van der Waals surface area contributed by atoms with Crippen LogP contribution in [-0.2, 0) is 6.42 Å². The van der Waals surface area contributed by atoms with Crippen LogP contribution < -0.4 is 5.73 Å². The Morgan fingerprint density at radius 3 is 3.00 bits per heavy atom. The highest BCUT2D eigenvalue weighted by atomic mass is 14.6. The molecule has 0 heterocycles. The lowest BCUT2D eigenvalue weighted by molar-refractivity contribution is 0.627. The highest BCUT2D eigenvalue weighted by Gasteiger charge is 2.16. The molecule has 0 radical (unpaired) electrons. The Morgan fingerprint density at radius 1 is 1.40 bits per heavy atom. The first-order valence-corrected chi connectivity index (χ1v) is 5.79. The largest absolute Gasteiger partial charge is 0.325 e. The summed E-state index contributed by atoms with van der Waals surface area (Å²) >= 11 is 0. The van der Waals surface area contributed by atoms with Gasteiger partial charge in [-0.3, -0.25) is 0 Å². The van der Waals surface area contributed by atoms with Crippen LogP contribution in [0.3, 0.4) is 0 Å². The number of hydrogen-bond acceptors (Lipinski definition) is 1. The monoisotopic (exact) mass is 201 g/mol. The van der Waals surface area contributed by atoms with E-state index in [-0.39, 0.29) is 6.04 Å². The minimum Gasteiger partial charge on any atom is -0.325 e. The van der Waals surface area contributed by atoms with Crippen LogP contribution in [0.4, 0.5) is 0 Å². The molecule has 1 aromatic rings. The maximum atomic E-state index is 5.74. The van der Waals surface area contributed by atoms with Crippen molar-refractivity contribution in [1.29, 1.82) is 0 Å². The first-order valence-electron chi connectivity index (χ1n) is 5.79. The van der Waals surface area contributed by atoms with Crippen molar-refractivity contribution in [3.8, 4) is 0 Å². The van der Waals surface area contributed by atoms with E-state index in [1.807, 2.05) is 6.92 Å². The lowest BCUT2D eigenvalue weighted by atomic mass is 9.82. The van der Waals surface area contributed by atoms with Crippen LogP contribution in [0.15, 0.2) is 36.4 Å². The molecule has 2 rings (SSSR count). The Morgan fingerprint density at radius 2 is 2.20 bits per heavy atom. The molecule has 0 aliphatic heterocycles. The molecular weight excluding hydrogens is 182 g/mol. The Bertz CT molecular complexity index is 352. The standard InChI is InChI=1S/C14H19N/c1-11(15)9-10-13-7-4-6-12-5-2-3-8-14(12)13/h2-3,5,8-11,13H,4,6-7,15H2,1H3/b10-9+. The van der Waals surface area contributed by atoms with E-state index >= 15 is 0 Å². The fourth-order valence-electron chi connectivity index (χ4n) is 2.30. The van der Waals surface area contributed by atoms with E-state index in [1.165, 1.54) is 30.4 Å². The molecule has 80 valence electrons. The van der Waals surface area contributed by atoms with Crippen molar-refractivity contribution in [1.82, 2.24) is 0 Å². The van der Waals surface area contributed by atoms with Crippen molar-refractivity contribution < 1.29 is 0 Å². The van der Waals surface area contributed by atoms with Crippen LogP contribution in [0.5, 0.6) is 0 Å². The summed E-state index contributed by atoms with van der Waals surface area (Å²) in [7, 11) is 0. The molecule has 1 nitrogen and oxygen atoms in total. The Kier molecular flexibility index (Phi) is 3.22. The summed E-state index contributed by atoms with van der Waals surface area (Å²) in [6.07, 6.45) is 8.19. The molecule has 0 bridgehead atoms. The number of rotatable bonds is 2. The third-order valence-corrected chi connectivity index (χ3v) is 3.06. The van der Waals surface area contributed by atoms with Crippen molar-refractivity contribution in [2.45, 2.75) is 38.1 Å². The summed E-state index contributed by atoms with van der Waals surface area (Å²) in [6.45, 7) is 2.02. The van der Waals surface area contributed by atoms with Gasteiger partial charge in [0.2, 0.25) is 0 Å². The predicted octanol–water partition coefficient (Wildman–Crippen LogP) is 3.01. The molecule has 1 aromatic carbocycles. The molecule has 15 heavy (non-hydrogen) atoms. The minimum atomic E-state index is 0.166. The predicted molar refractivity (Wildman–Crippen MR) is 64.9 cm³/mol. The Balaban J connectivity index is 2.22. The van der Waals surface area contributed by atoms with Crippen LogP contribution in [0.2, 0.25) is 0 Å². The molecule has 2 unspecified atom stereocenters. The lowest BCUT2D eigenvalue weighted by Crippen LogP contribution is -2.12. The summed E-state index contributed by atoms with van der Waals surface area (Å²) in [6, 6.07) is 8.94. The topological polar surface area (TPSA) is 26.0 Å². The van der Waals surface area contributed by atoms with Crippen LogP contribution in [0, 0.1) is 0 Å². The van der Waals surface area contributed by atoms with Crippen molar-refractivity contribution in [2.75, 3.05) is 0 Å². The van der Waals surface area contributed by atoms with Crippen molar-refractivity contribution in [3.63, 3.8) is 0 Å². The first-order chi connectivity index (χ1) is 7.27. The lowest BCUT2D eigenvalue weighted by Gasteiger charge is -2.23. The maximum Gasteiger partial charge on any atom is 0.0195 e. The molecule has 2 N–H and O–H groups in total. The molecule has 0 saturated heterocycles. The van der Waals surface area contributed by atoms with Gasteiger partial charge in [-0.2, -0.15) is 0 Å². The van der Waals surface area contributed by atoms with E-state index in [0.29, 0.717) is 5.92 Å². The van der Waals surface area contributed by atoms with Gasteiger partial charge < -0.3 is 5.73 Å². The van der Waals surface area contributed by atoms with Crippen LogP contribution >= 0.6 is 0 Å². The quantitative estimate of drug-likeness (QED) is 0.731. The van der Waals surface area contributed by atoms with Gasteiger partial charge in [0.15, 0.2) is 0 Å². The first kappa shape index (κ1) is 10.4. The molecule has 0 fully saturated rings. The van der Waals surface area contributed by atoms with Gasteiger partial charge in [0, 0.05) is 12.0 Å². The fraction of sp³-hybridized carbons (Fsp3) is 0.429. The van der Waals surface area contributed by atoms with Gasteiger partial charge >= 0.3 is 0 Å². The van der Waals surface area contributed by atoms with Gasteiger partial charge in [0.25, 0.3) is 0 Å². The summed E-state index contributed by atoms with van der Waals surface area (Å²) in [5.41, 5.74) is 8.76. The van der Waals surface area contributed by atoms with E-state index in [0.717, 1.165) is 0 Å². The molecule has 0 spiro atoms. The van der Waals surface area contributed by atoms with E-state index in [2.05, 4.69) is 36.4 Å². The molecule has 2 atom stereocenters. The molecule has 0 saturated carbocycles. The van der Waals surface area contributed by atoms with Gasteiger partial charge in [-0.25, -0.2) is 0 Å². The SMILES string of the molecule is CC(N)/C=C/C1CCCc2ccccc21. The van der Waals surface area contributed by atoms with E-state index in [9.17, 15) is 0 Å². The van der Waals surface area contributed by atoms with Gasteiger partial charge in [0.1, 0.15) is 0 Å². The van der Waals surface area contributed by atoms with Crippen molar-refractivity contribution >= 4 is 0 Å². The van der Waals surface area contributed by atoms with Crippen LogP contribution in [0.25, 0.3) is 0 Å². The zero-order chi connectivity index (χ0) is 10.7. The smallest absolute Gasteiger partial charge is 0.0195 e. The molecule has 0 amide bonds. The Labute approximate surface area is 92.0 Å². The number of allylic oxidation sites excluding steroid dienone is 1. The zero-order valence-corrected chi connectivity index (χ0v) is 9.32. The minimum absolute atomic E-state index is 0.166. The summed E-state index contributed by atoms with van der Waals surface area (Å²) < 4.78 is 0. The number of fused-ring (bicyclic) bond motifs is 1. The average molecular weight is 201 g/mol. The van der Waals surface area contributed by atoms with Crippen molar-refractivity contribution in [3.05, 3.63) is 47.5 Å². The van der Waals surface area contributed by atoms with Gasteiger partial charge in [0.05, 0.1) is 0 Å². The third kappa shape index (κ3) is 2.48. The second kappa shape index (κ2) is 4.63. The van der Waals surface area contributed by atoms with Gasteiger partial charge in [-0.05, 0) is 37.3 Å². The second-order valence-corrected chi connectivity index (χ2v) is 4.44. The number of aryl methyl sites for hydroxylation is 1. The average Bonchev–Trinajstić information content (AvgIpc) is 2.26. The Hall–Kier alpha value is -1.08. The number of benzene rings is 1. The number of nitrogens with two attached hydrogens (primary N) is 1. The molecule has 0 aromatic heterocycles. The molecular formula is C14H19N. The van der Waals surface area contributed by atoms with E-state index in [4.69, 9.17) is 5.73 Å². The molecule has 1 aliphatic carbocycles. The molecule has 1 heteroatoms. The summed E-state index contributed by atoms with van der Waals surface area (Å²) in [5, 5.41) is 0. The fourth-order valence-corrected chi connectivity index (χ4v) is 2.30. The van der Waals surface area contributed by atoms with Gasteiger partial charge in [-0.15, -0.1) is 0 Å². The highest BCUT2D eigenvalue weighted by Crippen LogP contribution is 2.32. The zero-order valence-electron chi connectivity index (χ0n) is 9.32. The van der Waals surface area contributed by atoms with E-state index in [1.54, 1.807) is 0 Å². The summed E-state index contributed by atoms with van der Waals surface area (Å²) in [4.78, 5) is 0. The summed E-state index contributed by atoms with van der Waals surface area (Å²) in [5.74, 6) is 0.584.